The molecule has 2 aromatic carbocycles. The van der Waals surface area contributed by atoms with Crippen LogP contribution in [0.5, 0.6) is 5.75 Å². The molecule has 8 heteroatoms. The highest BCUT2D eigenvalue weighted by Crippen LogP contribution is 2.26. The number of nitrogens with zero attached hydrogens (tertiary/aromatic N) is 3. The lowest BCUT2D eigenvalue weighted by Crippen LogP contribution is -2.32. The van der Waals surface area contributed by atoms with Gasteiger partial charge < -0.3 is 15.0 Å². The molecule has 0 saturated heterocycles. The molecule has 0 fully saturated rings. The van der Waals surface area contributed by atoms with Gasteiger partial charge in [0.1, 0.15) is 5.75 Å². The standard InChI is InChI=1S/C24H24N4O3S/c1-2-31-20-11-9-18(10-12-20)21-17-32-24(26-21)27-22(29)13-14-23(30)28(16-6-15-25)19-7-4-3-5-8-19/h3-5,7-12,17H,2,6,13-14,16H2,1H3,(H,26,27,29). The Morgan fingerprint density at radius 2 is 1.88 bits per heavy atom. The predicted octanol–water partition coefficient (Wildman–Crippen LogP) is 4.87. The van der Waals surface area contributed by atoms with Crippen molar-refractivity contribution >= 4 is 34.0 Å². The Bertz CT molecular complexity index is 1070. The zero-order chi connectivity index (χ0) is 22.8. The van der Waals surface area contributed by atoms with E-state index < -0.39 is 0 Å². The molecule has 0 unspecified atom stereocenters. The average molecular weight is 449 g/mol. The average Bonchev–Trinajstić information content (AvgIpc) is 3.28. The van der Waals surface area contributed by atoms with E-state index >= 15 is 0 Å². The van der Waals surface area contributed by atoms with E-state index in [4.69, 9.17) is 10.00 Å². The van der Waals surface area contributed by atoms with Gasteiger partial charge in [0, 0.05) is 36.0 Å². The molecule has 0 aliphatic rings. The third kappa shape index (κ3) is 6.40. The maximum atomic E-state index is 12.7. The Hall–Kier alpha value is -3.70. The Morgan fingerprint density at radius 3 is 2.56 bits per heavy atom. The second kappa shape index (κ2) is 11.6. The molecular weight excluding hydrogens is 424 g/mol. The largest absolute Gasteiger partial charge is 0.494 e. The van der Waals surface area contributed by atoms with Crippen molar-refractivity contribution in [2.75, 3.05) is 23.4 Å². The monoisotopic (exact) mass is 448 g/mol. The van der Waals surface area contributed by atoms with Crippen LogP contribution >= 0.6 is 11.3 Å². The number of para-hydroxylation sites is 1. The third-order valence-corrected chi connectivity index (χ3v) is 5.35. The van der Waals surface area contributed by atoms with Crippen LogP contribution in [-0.4, -0.2) is 29.9 Å². The van der Waals surface area contributed by atoms with E-state index in [1.165, 1.54) is 11.3 Å². The van der Waals surface area contributed by atoms with Gasteiger partial charge in [0.2, 0.25) is 11.8 Å². The molecule has 0 radical (unpaired) electrons. The number of nitriles is 1. The number of anilines is 2. The summed E-state index contributed by atoms with van der Waals surface area (Å²) in [5.41, 5.74) is 2.40. The Kier molecular flexibility index (Phi) is 8.35. The van der Waals surface area contributed by atoms with E-state index in [-0.39, 0.29) is 31.1 Å². The number of carbonyl (C=O) groups is 2. The van der Waals surface area contributed by atoms with Gasteiger partial charge in [-0.25, -0.2) is 4.98 Å². The first kappa shape index (κ1) is 23.0. The highest BCUT2D eigenvalue weighted by molar-refractivity contribution is 7.14. The third-order valence-electron chi connectivity index (χ3n) is 4.59. The predicted molar refractivity (Wildman–Crippen MR) is 126 cm³/mol. The van der Waals surface area contributed by atoms with E-state index in [1.54, 1.807) is 4.90 Å². The summed E-state index contributed by atoms with van der Waals surface area (Å²) in [7, 11) is 0. The van der Waals surface area contributed by atoms with Gasteiger partial charge in [0.15, 0.2) is 5.13 Å². The molecule has 3 aromatic rings. The van der Waals surface area contributed by atoms with E-state index in [0.717, 1.165) is 17.0 Å². The van der Waals surface area contributed by atoms with Crippen LogP contribution in [-0.2, 0) is 9.59 Å². The molecule has 0 aliphatic carbocycles. The fraction of sp³-hybridized carbons (Fsp3) is 0.250. The summed E-state index contributed by atoms with van der Waals surface area (Å²) < 4.78 is 5.45. The van der Waals surface area contributed by atoms with Crippen molar-refractivity contribution in [1.82, 2.24) is 4.98 Å². The van der Waals surface area contributed by atoms with Gasteiger partial charge in [-0.2, -0.15) is 5.26 Å². The lowest BCUT2D eigenvalue weighted by molar-refractivity contribution is -0.122. The zero-order valence-corrected chi connectivity index (χ0v) is 18.6. The van der Waals surface area contributed by atoms with Crippen LogP contribution in [0.2, 0.25) is 0 Å². The summed E-state index contributed by atoms with van der Waals surface area (Å²) in [5.74, 6) is 0.319. The highest BCUT2D eigenvalue weighted by atomic mass is 32.1. The van der Waals surface area contributed by atoms with Crippen LogP contribution in [0.15, 0.2) is 60.0 Å². The zero-order valence-electron chi connectivity index (χ0n) is 17.8. The first-order valence-corrected chi connectivity index (χ1v) is 11.2. The number of hydrogen-bond acceptors (Lipinski definition) is 6. The normalized spacial score (nSPS) is 10.2. The number of nitrogens with one attached hydrogen (secondary N) is 1. The van der Waals surface area contributed by atoms with Crippen LogP contribution in [0.1, 0.15) is 26.2 Å². The minimum absolute atomic E-state index is 0.0344. The van der Waals surface area contributed by atoms with Gasteiger partial charge in [-0.15, -0.1) is 11.3 Å². The molecule has 0 spiro atoms. The Labute approximate surface area is 191 Å². The topological polar surface area (TPSA) is 95.3 Å². The van der Waals surface area contributed by atoms with Gasteiger partial charge in [0.05, 0.1) is 24.8 Å². The van der Waals surface area contributed by atoms with Gasteiger partial charge in [-0.3, -0.25) is 9.59 Å². The lowest BCUT2D eigenvalue weighted by atomic mass is 10.2. The second-order valence-electron chi connectivity index (χ2n) is 6.83. The lowest BCUT2D eigenvalue weighted by Gasteiger charge is -2.21. The smallest absolute Gasteiger partial charge is 0.227 e. The molecule has 3 rings (SSSR count). The summed E-state index contributed by atoms with van der Waals surface area (Å²) in [4.78, 5) is 31.1. The minimum Gasteiger partial charge on any atom is -0.494 e. The van der Waals surface area contributed by atoms with Gasteiger partial charge in [-0.1, -0.05) is 18.2 Å². The summed E-state index contributed by atoms with van der Waals surface area (Å²) in [5, 5.41) is 14.0. The summed E-state index contributed by atoms with van der Waals surface area (Å²) >= 11 is 1.33. The highest BCUT2D eigenvalue weighted by Gasteiger charge is 2.17. The van der Waals surface area contributed by atoms with Crippen LogP contribution in [0.3, 0.4) is 0 Å². The molecule has 1 N–H and O–H groups in total. The maximum Gasteiger partial charge on any atom is 0.227 e. The first-order valence-electron chi connectivity index (χ1n) is 10.3. The van der Waals surface area contributed by atoms with Crippen LogP contribution < -0.4 is 15.0 Å². The van der Waals surface area contributed by atoms with Crippen LogP contribution in [0.4, 0.5) is 10.8 Å². The van der Waals surface area contributed by atoms with Gasteiger partial charge in [0.25, 0.3) is 0 Å². The van der Waals surface area contributed by atoms with Crippen molar-refractivity contribution in [2.45, 2.75) is 26.2 Å². The van der Waals surface area contributed by atoms with Crippen LogP contribution in [0.25, 0.3) is 11.3 Å². The number of thiazole rings is 1. The van der Waals surface area contributed by atoms with Crippen molar-refractivity contribution in [3.63, 3.8) is 0 Å². The van der Waals surface area contributed by atoms with Gasteiger partial charge >= 0.3 is 0 Å². The molecular formula is C24H24N4O3S. The fourth-order valence-corrected chi connectivity index (χ4v) is 3.79. The molecule has 0 aliphatic heterocycles. The number of rotatable bonds is 10. The fourth-order valence-electron chi connectivity index (χ4n) is 3.06. The minimum atomic E-state index is -0.278. The number of carbonyl (C=O) groups excluding carboxylic acids is 2. The van der Waals surface area contributed by atoms with Crippen molar-refractivity contribution in [1.29, 1.82) is 5.26 Å². The maximum absolute atomic E-state index is 12.7. The molecule has 32 heavy (non-hydrogen) atoms. The van der Waals surface area contributed by atoms with Crippen molar-refractivity contribution < 1.29 is 14.3 Å². The number of hydrogen-bond donors (Lipinski definition) is 1. The van der Waals surface area contributed by atoms with Crippen molar-refractivity contribution in [3.05, 3.63) is 60.0 Å². The number of ether oxygens (including phenoxy) is 1. The molecule has 0 bridgehead atoms. The van der Waals surface area contributed by atoms with E-state index in [0.29, 0.717) is 24.0 Å². The Morgan fingerprint density at radius 1 is 1.12 bits per heavy atom. The first-order chi connectivity index (χ1) is 15.6. The molecule has 7 nitrogen and oxygen atoms in total. The second-order valence-corrected chi connectivity index (χ2v) is 7.69. The van der Waals surface area contributed by atoms with E-state index in [2.05, 4.69) is 16.4 Å². The molecule has 1 heterocycles. The SMILES string of the molecule is CCOc1ccc(-c2csc(NC(=O)CCC(=O)N(CCC#N)c3ccccc3)n2)cc1. The number of amides is 2. The summed E-state index contributed by atoms with van der Waals surface area (Å²) in [6, 6.07) is 18.8. The molecule has 0 saturated carbocycles. The summed E-state index contributed by atoms with van der Waals surface area (Å²) in [6.07, 6.45) is 0.302. The molecule has 164 valence electrons. The van der Waals surface area contributed by atoms with E-state index in [1.807, 2.05) is 66.9 Å². The number of aromatic nitrogens is 1. The van der Waals surface area contributed by atoms with Crippen molar-refractivity contribution in [3.8, 4) is 23.1 Å². The van der Waals surface area contributed by atoms with Crippen molar-refractivity contribution in [2.24, 2.45) is 0 Å². The van der Waals surface area contributed by atoms with E-state index in [9.17, 15) is 9.59 Å². The number of benzene rings is 2. The Balaban J connectivity index is 1.55. The molecule has 2 amide bonds. The van der Waals surface area contributed by atoms with Gasteiger partial charge in [-0.05, 0) is 43.3 Å². The molecule has 1 aromatic heterocycles. The van der Waals surface area contributed by atoms with Crippen LogP contribution in [0, 0.1) is 11.3 Å². The quantitative estimate of drug-likeness (QED) is 0.477. The summed E-state index contributed by atoms with van der Waals surface area (Å²) in [6.45, 7) is 2.83. The molecule has 0 atom stereocenters.